The quantitative estimate of drug-likeness (QED) is 0.795. The van der Waals surface area contributed by atoms with Crippen LogP contribution in [0.4, 0.5) is 5.82 Å². The number of H-pyrrole nitrogens is 1. The lowest BCUT2D eigenvalue weighted by atomic mass is 10.1. The third kappa shape index (κ3) is 2.18. The molecule has 0 aliphatic carbocycles. The van der Waals surface area contributed by atoms with Gasteiger partial charge < -0.3 is 10.1 Å². The van der Waals surface area contributed by atoms with Gasteiger partial charge in [0.05, 0.1) is 24.2 Å². The summed E-state index contributed by atoms with van der Waals surface area (Å²) in [6.45, 7) is 1.53. The predicted molar refractivity (Wildman–Crippen MR) is 64.2 cm³/mol. The summed E-state index contributed by atoms with van der Waals surface area (Å²) in [4.78, 5) is 8.25. The molecule has 0 aromatic carbocycles. The van der Waals surface area contributed by atoms with E-state index in [4.69, 9.17) is 16.3 Å². The highest BCUT2D eigenvalue weighted by Gasteiger charge is 2.16. The molecule has 0 saturated carbocycles. The Bertz CT molecular complexity index is 522. The average molecular weight is 254 g/mol. The molecule has 6 nitrogen and oxygen atoms in total. The Morgan fingerprint density at radius 3 is 3.24 bits per heavy atom. The maximum atomic E-state index is 5.86. The van der Waals surface area contributed by atoms with Crippen molar-refractivity contribution < 1.29 is 4.74 Å². The molecule has 90 valence electrons. The highest BCUT2D eigenvalue weighted by atomic mass is 35.5. The Labute approximate surface area is 103 Å². The Morgan fingerprint density at radius 2 is 2.41 bits per heavy atom. The van der Waals surface area contributed by atoms with Crippen molar-refractivity contribution in [3.05, 3.63) is 11.5 Å². The van der Waals surface area contributed by atoms with Gasteiger partial charge in [-0.05, 0) is 24.4 Å². The number of aromatic nitrogens is 4. The van der Waals surface area contributed by atoms with Crippen LogP contribution in [0, 0.1) is 0 Å². The van der Waals surface area contributed by atoms with Gasteiger partial charge in [-0.25, -0.2) is 0 Å². The summed E-state index contributed by atoms with van der Waals surface area (Å²) in [6, 6.07) is 0.271. The van der Waals surface area contributed by atoms with E-state index >= 15 is 0 Å². The van der Waals surface area contributed by atoms with E-state index in [0.717, 1.165) is 24.8 Å². The minimum atomic E-state index is 0.209. The van der Waals surface area contributed by atoms with E-state index in [1.807, 2.05) is 0 Å². The number of nitrogens with zero attached hydrogens (tertiary/aromatic N) is 3. The summed E-state index contributed by atoms with van der Waals surface area (Å²) in [7, 11) is 0. The van der Waals surface area contributed by atoms with Crippen molar-refractivity contribution in [2.24, 2.45) is 0 Å². The van der Waals surface area contributed by atoms with Crippen LogP contribution < -0.4 is 5.32 Å². The molecule has 2 aromatic rings. The third-order valence-electron chi connectivity index (χ3n) is 2.78. The van der Waals surface area contributed by atoms with Crippen LogP contribution in [0.5, 0.6) is 0 Å². The standard InChI is InChI=1S/C10H12ClN5O/c11-10-14-8(7-4-12-16-9(7)15-10)13-6-2-1-3-17-5-6/h4,6H,1-3,5H2,(H2,12,13,14,15,16). The van der Waals surface area contributed by atoms with E-state index in [1.165, 1.54) is 0 Å². The largest absolute Gasteiger partial charge is 0.379 e. The highest BCUT2D eigenvalue weighted by Crippen LogP contribution is 2.22. The summed E-state index contributed by atoms with van der Waals surface area (Å²) in [5.41, 5.74) is 0.643. The number of aromatic amines is 1. The van der Waals surface area contributed by atoms with Gasteiger partial charge in [-0.1, -0.05) is 0 Å². The number of hydrogen-bond donors (Lipinski definition) is 2. The van der Waals surface area contributed by atoms with Crippen molar-refractivity contribution in [2.75, 3.05) is 18.5 Å². The van der Waals surface area contributed by atoms with Gasteiger partial charge in [-0.15, -0.1) is 0 Å². The van der Waals surface area contributed by atoms with Gasteiger partial charge in [-0.3, -0.25) is 5.10 Å². The highest BCUT2D eigenvalue weighted by molar-refractivity contribution is 6.28. The van der Waals surface area contributed by atoms with Crippen LogP contribution in [0.15, 0.2) is 6.20 Å². The Kier molecular flexibility index (Phi) is 2.82. The second-order valence-corrected chi connectivity index (χ2v) is 4.37. The molecule has 1 fully saturated rings. The van der Waals surface area contributed by atoms with Crippen LogP contribution in [-0.4, -0.2) is 39.4 Å². The topological polar surface area (TPSA) is 75.7 Å². The molecule has 2 N–H and O–H groups in total. The second kappa shape index (κ2) is 4.46. The first-order valence-corrected chi connectivity index (χ1v) is 5.91. The summed E-state index contributed by atoms with van der Waals surface area (Å²) in [5, 5.41) is 11.1. The number of ether oxygens (including phenoxy) is 1. The van der Waals surface area contributed by atoms with Crippen molar-refractivity contribution in [1.29, 1.82) is 0 Å². The molecule has 1 saturated heterocycles. The zero-order valence-corrected chi connectivity index (χ0v) is 9.87. The SMILES string of the molecule is Clc1nc(NC2CCCOC2)c2cn[nH]c2n1. The monoisotopic (exact) mass is 253 g/mol. The van der Waals surface area contributed by atoms with Crippen molar-refractivity contribution in [2.45, 2.75) is 18.9 Å². The number of nitrogens with one attached hydrogen (secondary N) is 2. The molecule has 0 bridgehead atoms. The molecule has 3 rings (SSSR count). The van der Waals surface area contributed by atoms with E-state index in [2.05, 4.69) is 25.5 Å². The first-order chi connectivity index (χ1) is 8.33. The van der Waals surface area contributed by atoms with Crippen LogP contribution in [-0.2, 0) is 4.74 Å². The molecule has 0 radical (unpaired) electrons. The molecule has 7 heteroatoms. The Morgan fingerprint density at radius 1 is 1.47 bits per heavy atom. The summed E-state index contributed by atoms with van der Waals surface area (Å²) >= 11 is 5.86. The number of rotatable bonds is 2. The van der Waals surface area contributed by atoms with E-state index in [1.54, 1.807) is 6.20 Å². The van der Waals surface area contributed by atoms with Gasteiger partial charge in [-0.2, -0.15) is 15.1 Å². The first kappa shape index (κ1) is 10.7. The lowest BCUT2D eigenvalue weighted by Gasteiger charge is -2.23. The van der Waals surface area contributed by atoms with Gasteiger partial charge in [0, 0.05) is 6.61 Å². The van der Waals surface area contributed by atoms with Crippen molar-refractivity contribution in [3.8, 4) is 0 Å². The maximum absolute atomic E-state index is 5.86. The molecule has 0 spiro atoms. The van der Waals surface area contributed by atoms with Crippen molar-refractivity contribution >= 4 is 28.5 Å². The molecule has 3 heterocycles. The number of halogens is 1. The van der Waals surface area contributed by atoms with Crippen LogP contribution in [0.25, 0.3) is 11.0 Å². The number of hydrogen-bond acceptors (Lipinski definition) is 5. The lowest BCUT2D eigenvalue weighted by Crippen LogP contribution is -2.30. The molecule has 1 aliphatic heterocycles. The zero-order chi connectivity index (χ0) is 11.7. The van der Waals surface area contributed by atoms with E-state index in [9.17, 15) is 0 Å². The zero-order valence-electron chi connectivity index (χ0n) is 9.11. The second-order valence-electron chi connectivity index (χ2n) is 4.03. The van der Waals surface area contributed by atoms with E-state index in [0.29, 0.717) is 18.1 Å². The molecule has 17 heavy (non-hydrogen) atoms. The van der Waals surface area contributed by atoms with Gasteiger partial charge in [0.2, 0.25) is 5.28 Å². The fourth-order valence-electron chi connectivity index (χ4n) is 1.97. The summed E-state index contributed by atoms with van der Waals surface area (Å²) in [6.07, 6.45) is 3.82. The van der Waals surface area contributed by atoms with Crippen molar-refractivity contribution in [1.82, 2.24) is 20.2 Å². The molecule has 0 amide bonds. The maximum Gasteiger partial charge on any atom is 0.226 e. The Hall–Kier alpha value is -1.40. The molecule has 2 aromatic heterocycles. The fourth-order valence-corrected chi connectivity index (χ4v) is 2.13. The minimum absolute atomic E-state index is 0.209. The normalized spacial score (nSPS) is 20.6. The molecular formula is C10H12ClN5O. The van der Waals surface area contributed by atoms with Crippen LogP contribution in [0.2, 0.25) is 5.28 Å². The first-order valence-electron chi connectivity index (χ1n) is 5.54. The van der Waals surface area contributed by atoms with Gasteiger partial charge >= 0.3 is 0 Å². The third-order valence-corrected chi connectivity index (χ3v) is 2.95. The van der Waals surface area contributed by atoms with E-state index < -0.39 is 0 Å². The Balaban J connectivity index is 1.90. The molecule has 1 atom stereocenters. The van der Waals surface area contributed by atoms with Gasteiger partial charge in [0.25, 0.3) is 0 Å². The summed E-state index contributed by atoms with van der Waals surface area (Å²) in [5.74, 6) is 0.712. The smallest absolute Gasteiger partial charge is 0.226 e. The average Bonchev–Trinajstić information content (AvgIpc) is 2.78. The van der Waals surface area contributed by atoms with Crippen molar-refractivity contribution in [3.63, 3.8) is 0 Å². The molecular weight excluding hydrogens is 242 g/mol. The molecule has 1 unspecified atom stereocenters. The van der Waals surface area contributed by atoms with Crippen LogP contribution in [0.1, 0.15) is 12.8 Å². The van der Waals surface area contributed by atoms with Gasteiger partial charge in [0.1, 0.15) is 5.82 Å². The number of fused-ring (bicyclic) bond motifs is 1. The molecule has 1 aliphatic rings. The van der Waals surface area contributed by atoms with E-state index in [-0.39, 0.29) is 11.3 Å². The predicted octanol–water partition coefficient (Wildman–Crippen LogP) is 1.60. The minimum Gasteiger partial charge on any atom is -0.379 e. The fraction of sp³-hybridized carbons (Fsp3) is 0.500. The van der Waals surface area contributed by atoms with Crippen LogP contribution >= 0.6 is 11.6 Å². The number of anilines is 1. The van der Waals surface area contributed by atoms with Crippen LogP contribution in [0.3, 0.4) is 0 Å². The van der Waals surface area contributed by atoms with Gasteiger partial charge in [0.15, 0.2) is 5.65 Å². The lowest BCUT2D eigenvalue weighted by molar-refractivity contribution is 0.0875. The summed E-state index contributed by atoms with van der Waals surface area (Å²) < 4.78 is 5.42.